The fourth-order valence-electron chi connectivity index (χ4n) is 4.62. The number of nitrogens with one attached hydrogen (secondary N) is 1. The van der Waals surface area contributed by atoms with Gasteiger partial charge in [-0.1, -0.05) is 102 Å². The minimum atomic E-state index is -4.11. The first-order chi connectivity index (χ1) is 20.7. The SMILES string of the molecule is CC[C@@H](C)NC(=O)[C@@H](Cc1ccccc1)N(Cc1ccc(Br)cc1)C(=O)CN(c1ccccc1)S(=O)(=O)c1ccccc1. The monoisotopic (exact) mass is 661 g/mol. The smallest absolute Gasteiger partial charge is 0.264 e. The molecule has 0 aliphatic rings. The molecule has 0 fully saturated rings. The number of amides is 2. The van der Waals surface area contributed by atoms with Crippen molar-refractivity contribution in [3.8, 4) is 0 Å². The van der Waals surface area contributed by atoms with Crippen LogP contribution in [0.3, 0.4) is 0 Å². The number of sulfonamides is 1. The summed E-state index contributed by atoms with van der Waals surface area (Å²) in [6.07, 6.45) is 0.990. The van der Waals surface area contributed by atoms with E-state index in [2.05, 4.69) is 21.2 Å². The van der Waals surface area contributed by atoms with Crippen LogP contribution in [-0.4, -0.2) is 43.8 Å². The summed E-state index contributed by atoms with van der Waals surface area (Å²) in [5, 5.41) is 3.05. The fraction of sp³-hybridized carbons (Fsp3) is 0.235. The summed E-state index contributed by atoms with van der Waals surface area (Å²) in [7, 11) is -4.11. The van der Waals surface area contributed by atoms with Crippen molar-refractivity contribution in [2.75, 3.05) is 10.8 Å². The van der Waals surface area contributed by atoms with Gasteiger partial charge in [0, 0.05) is 23.5 Å². The maximum absolute atomic E-state index is 14.4. The lowest BCUT2D eigenvalue weighted by Crippen LogP contribution is -2.54. The molecule has 0 saturated heterocycles. The van der Waals surface area contributed by atoms with Crippen LogP contribution in [0.15, 0.2) is 125 Å². The Bertz CT molecular complexity index is 1590. The zero-order valence-corrected chi connectivity index (χ0v) is 26.7. The van der Waals surface area contributed by atoms with E-state index >= 15 is 0 Å². The summed E-state index contributed by atoms with van der Waals surface area (Å²) in [5.41, 5.74) is 2.05. The van der Waals surface area contributed by atoms with Gasteiger partial charge in [-0.05, 0) is 60.9 Å². The van der Waals surface area contributed by atoms with Gasteiger partial charge in [0.05, 0.1) is 10.6 Å². The molecular weight excluding hydrogens is 626 g/mol. The van der Waals surface area contributed by atoms with Crippen molar-refractivity contribution < 1.29 is 18.0 Å². The van der Waals surface area contributed by atoms with E-state index in [1.54, 1.807) is 48.5 Å². The van der Waals surface area contributed by atoms with Crippen LogP contribution in [0, 0.1) is 0 Å². The first kappa shape index (κ1) is 32.0. The maximum Gasteiger partial charge on any atom is 0.264 e. The zero-order valence-electron chi connectivity index (χ0n) is 24.3. The van der Waals surface area contributed by atoms with Gasteiger partial charge in [0.2, 0.25) is 11.8 Å². The molecule has 0 saturated carbocycles. The highest BCUT2D eigenvalue weighted by Crippen LogP contribution is 2.25. The molecule has 4 aromatic rings. The Hall–Kier alpha value is -3.95. The normalized spacial score (nSPS) is 12.6. The molecule has 224 valence electrons. The molecule has 0 aliphatic heterocycles. The largest absolute Gasteiger partial charge is 0.352 e. The van der Waals surface area contributed by atoms with E-state index in [9.17, 15) is 18.0 Å². The number of rotatable bonds is 13. The highest BCUT2D eigenvalue weighted by atomic mass is 79.9. The third-order valence-electron chi connectivity index (χ3n) is 7.19. The molecular formula is C34H36BrN3O4S. The first-order valence-corrected chi connectivity index (χ1v) is 16.4. The molecule has 0 bridgehead atoms. The Morgan fingerprint density at radius 1 is 0.791 bits per heavy atom. The molecule has 0 heterocycles. The summed E-state index contributed by atoms with van der Waals surface area (Å²) in [6, 6.07) is 32.6. The van der Waals surface area contributed by atoms with Gasteiger partial charge < -0.3 is 10.2 Å². The van der Waals surface area contributed by atoms with Crippen LogP contribution in [-0.2, 0) is 32.6 Å². The van der Waals surface area contributed by atoms with Crippen LogP contribution < -0.4 is 9.62 Å². The average Bonchev–Trinajstić information content (AvgIpc) is 3.03. The number of nitrogens with zero attached hydrogens (tertiary/aromatic N) is 2. The van der Waals surface area contributed by atoms with Crippen LogP contribution in [0.2, 0.25) is 0 Å². The van der Waals surface area contributed by atoms with E-state index in [0.717, 1.165) is 26.3 Å². The molecule has 0 aliphatic carbocycles. The predicted octanol–water partition coefficient (Wildman–Crippen LogP) is 6.20. The highest BCUT2D eigenvalue weighted by Gasteiger charge is 2.34. The lowest BCUT2D eigenvalue weighted by Gasteiger charge is -2.34. The van der Waals surface area contributed by atoms with Crippen molar-refractivity contribution in [3.63, 3.8) is 0 Å². The van der Waals surface area contributed by atoms with E-state index in [4.69, 9.17) is 0 Å². The fourth-order valence-corrected chi connectivity index (χ4v) is 6.32. The summed E-state index contributed by atoms with van der Waals surface area (Å²) >= 11 is 3.46. The third-order valence-corrected chi connectivity index (χ3v) is 9.51. The van der Waals surface area contributed by atoms with Crippen molar-refractivity contribution >= 4 is 43.5 Å². The van der Waals surface area contributed by atoms with Gasteiger partial charge in [-0.3, -0.25) is 13.9 Å². The number of halogens is 1. The van der Waals surface area contributed by atoms with Gasteiger partial charge in [-0.25, -0.2) is 8.42 Å². The molecule has 43 heavy (non-hydrogen) atoms. The number of carbonyl (C=O) groups is 2. The standard InChI is InChI=1S/C34H36BrN3O4S/c1-3-26(2)36-34(40)32(23-27-13-7-4-8-14-27)37(24-28-19-21-29(35)22-20-28)33(39)25-38(30-15-9-5-10-16-30)43(41,42)31-17-11-6-12-18-31/h4-22,26,32H,3,23-25H2,1-2H3,(H,36,40)/t26-,32-/m1/s1. The first-order valence-electron chi connectivity index (χ1n) is 14.2. The summed E-state index contributed by atoms with van der Waals surface area (Å²) in [6.45, 7) is 3.53. The number of hydrogen-bond donors (Lipinski definition) is 1. The molecule has 0 unspecified atom stereocenters. The number of anilines is 1. The maximum atomic E-state index is 14.4. The summed E-state index contributed by atoms with van der Waals surface area (Å²) in [5.74, 6) is -0.785. The molecule has 2 amide bonds. The average molecular weight is 663 g/mol. The number of carbonyl (C=O) groups excluding carboxylic acids is 2. The van der Waals surface area contributed by atoms with Crippen LogP contribution in [0.5, 0.6) is 0 Å². The summed E-state index contributed by atoms with van der Waals surface area (Å²) < 4.78 is 29.9. The minimum absolute atomic E-state index is 0.0708. The van der Waals surface area contributed by atoms with Crippen molar-refractivity contribution in [1.29, 1.82) is 0 Å². The minimum Gasteiger partial charge on any atom is -0.352 e. The number of benzene rings is 4. The van der Waals surface area contributed by atoms with Gasteiger partial charge in [-0.15, -0.1) is 0 Å². The Balaban J connectivity index is 1.78. The molecule has 4 rings (SSSR count). The second-order valence-electron chi connectivity index (χ2n) is 10.3. The van der Waals surface area contributed by atoms with Crippen molar-refractivity contribution in [1.82, 2.24) is 10.2 Å². The zero-order chi connectivity index (χ0) is 30.8. The molecule has 0 radical (unpaired) electrons. The van der Waals surface area contributed by atoms with E-state index in [-0.39, 0.29) is 29.8 Å². The van der Waals surface area contributed by atoms with E-state index < -0.39 is 28.5 Å². The Morgan fingerprint density at radius 3 is 1.93 bits per heavy atom. The van der Waals surface area contributed by atoms with E-state index in [0.29, 0.717) is 5.69 Å². The lowest BCUT2D eigenvalue weighted by atomic mass is 10.0. The van der Waals surface area contributed by atoms with E-state index in [1.165, 1.54) is 17.0 Å². The molecule has 7 nitrogen and oxygen atoms in total. The molecule has 9 heteroatoms. The number of para-hydroxylation sites is 1. The Kier molecular flexibility index (Phi) is 11.1. The highest BCUT2D eigenvalue weighted by molar-refractivity contribution is 9.10. The predicted molar refractivity (Wildman–Crippen MR) is 174 cm³/mol. The van der Waals surface area contributed by atoms with Gasteiger partial charge in [0.25, 0.3) is 10.0 Å². The van der Waals surface area contributed by atoms with Gasteiger partial charge >= 0.3 is 0 Å². The molecule has 4 aromatic carbocycles. The molecule has 2 atom stereocenters. The topological polar surface area (TPSA) is 86.8 Å². The third kappa shape index (κ3) is 8.55. The molecule has 0 aromatic heterocycles. The van der Waals surface area contributed by atoms with Crippen molar-refractivity contribution in [3.05, 3.63) is 131 Å². The number of hydrogen-bond acceptors (Lipinski definition) is 4. The van der Waals surface area contributed by atoms with Gasteiger partial charge in [-0.2, -0.15) is 0 Å². The van der Waals surface area contributed by atoms with E-state index in [1.807, 2.05) is 68.4 Å². The van der Waals surface area contributed by atoms with Crippen LogP contribution >= 0.6 is 15.9 Å². The van der Waals surface area contributed by atoms with Crippen molar-refractivity contribution in [2.24, 2.45) is 0 Å². The molecule has 1 N–H and O–H groups in total. The Morgan fingerprint density at radius 2 is 1.35 bits per heavy atom. The second-order valence-corrected chi connectivity index (χ2v) is 13.1. The molecule has 0 spiro atoms. The lowest BCUT2D eigenvalue weighted by molar-refractivity contribution is -0.140. The van der Waals surface area contributed by atoms with Gasteiger partial charge in [0.1, 0.15) is 12.6 Å². The Labute approximate surface area is 262 Å². The summed E-state index contributed by atoms with van der Waals surface area (Å²) in [4.78, 5) is 29.8. The second kappa shape index (κ2) is 15.0. The van der Waals surface area contributed by atoms with Crippen molar-refractivity contribution in [2.45, 2.75) is 50.2 Å². The van der Waals surface area contributed by atoms with Crippen LogP contribution in [0.1, 0.15) is 31.4 Å². The van der Waals surface area contributed by atoms with Crippen LogP contribution in [0.4, 0.5) is 5.69 Å². The van der Waals surface area contributed by atoms with Crippen LogP contribution in [0.25, 0.3) is 0 Å². The quantitative estimate of drug-likeness (QED) is 0.185. The van der Waals surface area contributed by atoms with Gasteiger partial charge in [0.15, 0.2) is 0 Å².